The van der Waals surface area contributed by atoms with Gasteiger partial charge in [0.1, 0.15) is 5.82 Å². The van der Waals surface area contributed by atoms with Gasteiger partial charge in [-0.05, 0) is 30.3 Å². The van der Waals surface area contributed by atoms with Crippen LogP contribution in [0.25, 0.3) is 5.69 Å². The number of nitrogens with zero attached hydrogens (tertiary/aromatic N) is 3. The van der Waals surface area contributed by atoms with Gasteiger partial charge in [0.05, 0.1) is 11.4 Å². The fourth-order valence-electron chi connectivity index (χ4n) is 2.28. The van der Waals surface area contributed by atoms with Crippen LogP contribution in [-0.2, 0) is 6.54 Å². The summed E-state index contributed by atoms with van der Waals surface area (Å²) in [5.41, 5.74) is 1.93. The number of rotatable bonds is 3. The molecule has 5 heteroatoms. The van der Waals surface area contributed by atoms with Crippen molar-refractivity contribution < 1.29 is 4.39 Å². The number of hydrogen-bond donors (Lipinski definition) is 1. The van der Waals surface area contributed by atoms with Crippen molar-refractivity contribution in [2.45, 2.75) is 6.54 Å². The van der Waals surface area contributed by atoms with Crippen LogP contribution in [0.1, 0.15) is 5.69 Å². The highest BCUT2D eigenvalue weighted by atomic mass is 19.1. The Kier molecular flexibility index (Phi) is 3.57. The van der Waals surface area contributed by atoms with Crippen LogP contribution in [0.15, 0.2) is 36.5 Å². The van der Waals surface area contributed by atoms with Crippen LogP contribution in [0.2, 0.25) is 0 Å². The van der Waals surface area contributed by atoms with Crippen LogP contribution in [0.4, 0.5) is 4.39 Å². The Hall–Kier alpha value is -1.72. The van der Waals surface area contributed by atoms with E-state index in [-0.39, 0.29) is 5.82 Å². The van der Waals surface area contributed by atoms with Crippen molar-refractivity contribution in [3.8, 4) is 5.69 Å². The topological polar surface area (TPSA) is 33.1 Å². The molecule has 100 valence electrons. The minimum absolute atomic E-state index is 0.225. The molecule has 0 radical (unpaired) electrons. The van der Waals surface area contributed by atoms with Gasteiger partial charge in [0, 0.05) is 38.9 Å². The lowest BCUT2D eigenvalue weighted by atomic mass is 10.3. The molecule has 1 aliphatic heterocycles. The van der Waals surface area contributed by atoms with E-state index in [1.54, 1.807) is 16.8 Å². The first kappa shape index (κ1) is 12.3. The number of hydrogen-bond acceptors (Lipinski definition) is 3. The zero-order valence-corrected chi connectivity index (χ0v) is 10.7. The Morgan fingerprint density at radius 2 is 1.84 bits per heavy atom. The molecule has 19 heavy (non-hydrogen) atoms. The molecule has 0 saturated carbocycles. The summed E-state index contributed by atoms with van der Waals surface area (Å²) in [5.74, 6) is -0.225. The van der Waals surface area contributed by atoms with Crippen LogP contribution in [-0.4, -0.2) is 40.9 Å². The van der Waals surface area contributed by atoms with Gasteiger partial charge in [-0.3, -0.25) is 4.90 Å². The third-order valence-electron chi connectivity index (χ3n) is 3.33. The van der Waals surface area contributed by atoms with E-state index in [4.69, 9.17) is 0 Å². The smallest absolute Gasteiger partial charge is 0.123 e. The minimum atomic E-state index is -0.225. The lowest BCUT2D eigenvalue weighted by molar-refractivity contribution is 0.230. The Bertz CT molecular complexity index is 529. The van der Waals surface area contributed by atoms with Crippen molar-refractivity contribution in [1.82, 2.24) is 20.0 Å². The summed E-state index contributed by atoms with van der Waals surface area (Å²) in [7, 11) is 0. The lowest BCUT2D eigenvalue weighted by Crippen LogP contribution is -2.42. The number of aromatic nitrogens is 2. The first-order valence-corrected chi connectivity index (χ1v) is 6.55. The SMILES string of the molecule is Fc1ccc(-n2ccc(CN3CCNCC3)n2)cc1. The van der Waals surface area contributed by atoms with Crippen LogP contribution in [0.5, 0.6) is 0 Å². The summed E-state index contributed by atoms with van der Waals surface area (Å²) in [6.45, 7) is 5.07. The molecule has 0 spiro atoms. The van der Waals surface area contributed by atoms with Gasteiger partial charge in [0.15, 0.2) is 0 Å². The van der Waals surface area contributed by atoms with Crippen molar-refractivity contribution in [2.24, 2.45) is 0 Å². The normalized spacial score (nSPS) is 16.7. The summed E-state index contributed by atoms with van der Waals surface area (Å²) in [4.78, 5) is 2.38. The third-order valence-corrected chi connectivity index (χ3v) is 3.33. The van der Waals surface area contributed by atoms with E-state index < -0.39 is 0 Å². The molecule has 0 bridgehead atoms. The molecule has 0 amide bonds. The van der Waals surface area contributed by atoms with Crippen molar-refractivity contribution in [1.29, 1.82) is 0 Å². The van der Waals surface area contributed by atoms with Gasteiger partial charge in [0.25, 0.3) is 0 Å². The van der Waals surface area contributed by atoms with E-state index >= 15 is 0 Å². The summed E-state index contributed by atoms with van der Waals surface area (Å²) in [6, 6.07) is 8.39. The van der Waals surface area contributed by atoms with Gasteiger partial charge in [0.2, 0.25) is 0 Å². The van der Waals surface area contributed by atoms with Gasteiger partial charge in [-0.2, -0.15) is 5.10 Å². The number of piperazine rings is 1. The fourth-order valence-corrected chi connectivity index (χ4v) is 2.28. The van der Waals surface area contributed by atoms with Crippen molar-refractivity contribution >= 4 is 0 Å². The van der Waals surface area contributed by atoms with Crippen LogP contribution in [0, 0.1) is 5.82 Å². The zero-order valence-electron chi connectivity index (χ0n) is 10.7. The summed E-state index contributed by atoms with van der Waals surface area (Å²) in [6.07, 6.45) is 1.92. The van der Waals surface area contributed by atoms with Gasteiger partial charge >= 0.3 is 0 Å². The largest absolute Gasteiger partial charge is 0.314 e. The average Bonchev–Trinajstić information content (AvgIpc) is 2.89. The predicted octanol–water partition coefficient (Wildman–Crippen LogP) is 1.42. The zero-order chi connectivity index (χ0) is 13.1. The number of benzene rings is 1. The Balaban J connectivity index is 1.70. The molecule has 4 nitrogen and oxygen atoms in total. The summed E-state index contributed by atoms with van der Waals surface area (Å²) < 4.78 is 14.7. The Morgan fingerprint density at radius 1 is 1.11 bits per heavy atom. The highest BCUT2D eigenvalue weighted by Crippen LogP contribution is 2.10. The second-order valence-corrected chi connectivity index (χ2v) is 4.75. The first-order chi connectivity index (χ1) is 9.31. The molecule has 3 rings (SSSR count). The highest BCUT2D eigenvalue weighted by molar-refractivity contribution is 5.31. The van der Waals surface area contributed by atoms with Crippen LogP contribution >= 0.6 is 0 Å². The average molecular weight is 260 g/mol. The molecule has 2 aromatic rings. The maximum atomic E-state index is 12.9. The quantitative estimate of drug-likeness (QED) is 0.906. The number of nitrogens with one attached hydrogen (secondary N) is 1. The molecule has 0 aliphatic carbocycles. The van der Waals surface area contributed by atoms with E-state index in [0.717, 1.165) is 44.1 Å². The van der Waals surface area contributed by atoms with Crippen molar-refractivity contribution in [2.75, 3.05) is 26.2 Å². The molecule has 0 unspecified atom stereocenters. The molecule has 1 aromatic carbocycles. The summed E-state index contributed by atoms with van der Waals surface area (Å²) in [5, 5.41) is 7.87. The van der Waals surface area contributed by atoms with Crippen LogP contribution in [0.3, 0.4) is 0 Å². The molecular formula is C14H17FN4. The van der Waals surface area contributed by atoms with Crippen molar-refractivity contribution in [3.63, 3.8) is 0 Å². The third kappa shape index (κ3) is 3.00. The summed E-state index contributed by atoms with van der Waals surface area (Å²) >= 11 is 0. The molecular weight excluding hydrogens is 243 g/mol. The molecule has 1 fully saturated rings. The second kappa shape index (κ2) is 5.50. The molecule has 1 aliphatic rings. The van der Waals surface area contributed by atoms with E-state index in [1.165, 1.54) is 12.1 Å². The first-order valence-electron chi connectivity index (χ1n) is 6.55. The highest BCUT2D eigenvalue weighted by Gasteiger charge is 2.11. The van der Waals surface area contributed by atoms with Crippen molar-refractivity contribution in [3.05, 3.63) is 48.0 Å². The minimum Gasteiger partial charge on any atom is -0.314 e. The number of halogens is 1. The Labute approximate surface area is 111 Å². The van der Waals surface area contributed by atoms with E-state index in [1.807, 2.05) is 12.3 Å². The maximum Gasteiger partial charge on any atom is 0.123 e. The molecule has 1 aromatic heterocycles. The fraction of sp³-hybridized carbons (Fsp3) is 0.357. The van der Waals surface area contributed by atoms with Gasteiger partial charge < -0.3 is 5.32 Å². The van der Waals surface area contributed by atoms with E-state index in [2.05, 4.69) is 15.3 Å². The van der Waals surface area contributed by atoms with Gasteiger partial charge in [-0.1, -0.05) is 0 Å². The van der Waals surface area contributed by atoms with E-state index in [9.17, 15) is 4.39 Å². The maximum absolute atomic E-state index is 12.9. The van der Waals surface area contributed by atoms with Crippen LogP contribution < -0.4 is 5.32 Å². The Morgan fingerprint density at radius 3 is 2.58 bits per heavy atom. The van der Waals surface area contributed by atoms with Gasteiger partial charge in [-0.25, -0.2) is 9.07 Å². The van der Waals surface area contributed by atoms with Gasteiger partial charge in [-0.15, -0.1) is 0 Å². The lowest BCUT2D eigenvalue weighted by Gasteiger charge is -2.26. The standard InChI is InChI=1S/C14H17FN4/c15-12-1-3-14(4-2-12)19-8-5-13(17-19)11-18-9-6-16-7-10-18/h1-5,8,16H,6-7,9-11H2. The monoisotopic (exact) mass is 260 g/mol. The molecule has 1 N–H and O–H groups in total. The van der Waals surface area contributed by atoms with E-state index in [0.29, 0.717) is 0 Å². The predicted molar refractivity (Wildman–Crippen MR) is 71.7 cm³/mol. The second-order valence-electron chi connectivity index (χ2n) is 4.75. The molecule has 1 saturated heterocycles. The molecule has 2 heterocycles. The molecule has 0 atom stereocenters.